The summed E-state index contributed by atoms with van der Waals surface area (Å²) in [5.74, 6) is 0.00560. The summed E-state index contributed by atoms with van der Waals surface area (Å²) in [4.78, 5) is 11.2. The van der Waals surface area contributed by atoms with Crippen LogP contribution in [0.1, 0.15) is 29.8 Å². The lowest BCUT2D eigenvalue weighted by Gasteiger charge is -2.08. The smallest absolute Gasteiger partial charge is 0.160 e. The fourth-order valence-electron chi connectivity index (χ4n) is 1.37. The fraction of sp³-hybridized carbons (Fsp3) is 0.300. The Kier molecular flexibility index (Phi) is 2.94. The maximum Gasteiger partial charge on any atom is 0.160 e. The van der Waals surface area contributed by atoms with Crippen molar-refractivity contribution in [3.05, 3.63) is 28.3 Å². The number of benzene rings is 1. The van der Waals surface area contributed by atoms with Crippen LogP contribution in [-0.2, 0) is 6.42 Å². The maximum absolute atomic E-state index is 11.2. The molecule has 0 unspecified atom stereocenters. The Labute approximate surface area is 82.7 Å². The van der Waals surface area contributed by atoms with Crippen molar-refractivity contribution in [2.75, 3.05) is 5.73 Å². The Morgan fingerprint density at radius 2 is 2.15 bits per heavy atom. The third kappa shape index (κ3) is 2.01. The van der Waals surface area contributed by atoms with E-state index in [1.165, 1.54) is 6.92 Å². The molecule has 0 aliphatic heterocycles. The molecule has 0 aliphatic rings. The number of carbonyl (C=O) groups excluding carboxylic acids is 1. The molecule has 0 aliphatic carbocycles. The van der Waals surface area contributed by atoms with Crippen molar-refractivity contribution in [2.24, 2.45) is 0 Å². The van der Waals surface area contributed by atoms with Gasteiger partial charge in [-0.2, -0.15) is 0 Å². The molecule has 2 N–H and O–H groups in total. The molecule has 0 aromatic heterocycles. The Morgan fingerprint density at radius 1 is 1.54 bits per heavy atom. The van der Waals surface area contributed by atoms with Gasteiger partial charge in [-0.05, 0) is 31.0 Å². The summed E-state index contributed by atoms with van der Waals surface area (Å²) in [6.07, 6.45) is 0.748. The average Bonchev–Trinajstić information content (AvgIpc) is 2.02. The van der Waals surface area contributed by atoms with E-state index < -0.39 is 0 Å². The zero-order valence-corrected chi connectivity index (χ0v) is 8.48. The number of rotatable bonds is 2. The summed E-state index contributed by atoms with van der Waals surface area (Å²) in [7, 11) is 0. The van der Waals surface area contributed by atoms with Gasteiger partial charge >= 0.3 is 0 Å². The number of hydrogen-bond acceptors (Lipinski definition) is 2. The summed E-state index contributed by atoms with van der Waals surface area (Å²) < 4.78 is 0. The SMILES string of the molecule is CCc1c(N)cc(Cl)cc1C(C)=O. The minimum Gasteiger partial charge on any atom is -0.398 e. The van der Waals surface area contributed by atoms with Crippen LogP contribution < -0.4 is 5.73 Å². The zero-order chi connectivity index (χ0) is 10.0. The van der Waals surface area contributed by atoms with Crippen LogP contribution in [-0.4, -0.2) is 5.78 Å². The van der Waals surface area contributed by atoms with E-state index in [9.17, 15) is 4.79 Å². The van der Waals surface area contributed by atoms with Crippen LogP contribution in [0.25, 0.3) is 0 Å². The number of Topliss-reactive ketones (excluding diaryl/α,β-unsaturated/α-hetero) is 1. The predicted octanol–water partition coefficient (Wildman–Crippen LogP) is 2.69. The molecule has 1 rings (SSSR count). The van der Waals surface area contributed by atoms with E-state index in [1.807, 2.05) is 6.92 Å². The molecular formula is C10H12ClNO. The van der Waals surface area contributed by atoms with Gasteiger partial charge in [0, 0.05) is 16.3 Å². The van der Waals surface area contributed by atoms with E-state index in [4.69, 9.17) is 17.3 Å². The molecule has 0 bridgehead atoms. The first-order valence-electron chi connectivity index (χ1n) is 4.15. The summed E-state index contributed by atoms with van der Waals surface area (Å²) in [6, 6.07) is 3.34. The topological polar surface area (TPSA) is 43.1 Å². The first-order chi connectivity index (χ1) is 6.06. The van der Waals surface area contributed by atoms with E-state index in [-0.39, 0.29) is 5.78 Å². The highest BCUT2D eigenvalue weighted by atomic mass is 35.5. The van der Waals surface area contributed by atoms with Crippen molar-refractivity contribution in [1.82, 2.24) is 0 Å². The summed E-state index contributed by atoms with van der Waals surface area (Å²) >= 11 is 5.79. The average molecular weight is 198 g/mol. The van der Waals surface area contributed by atoms with Gasteiger partial charge < -0.3 is 5.73 Å². The van der Waals surface area contributed by atoms with Crippen LogP contribution in [0, 0.1) is 0 Å². The monoisotopic (exact) mass is 197 g/mol. The third-order valence-corrected chi connectivity index (χ3v) is 2.20. The molecule has 0 heterocycles. The quantitative estimate of drug-likeness (QED) is 0.585. The summed E-state index contributed by atoms with van der Waals surface area (Å²) in [5.41, 5.74) is 7.85. The molecule has 0 atom stereocenters. The van der Waals surface area contributed by atoms with E-state index in [0.29, 0.717) is 16.3 Å². The van der Waals surface area contributed by atoms with Gasteiger partial charge in [0.25, 0.3) is 0 Å². The first kappa shape index (κ1) is 10.1. The number of carbonyl (C=O) groups is 1. The standard InChI is InChI=1S/C10H12ClNO/c1-3-8-9(6(2)13)4-7(11)5-10(8)12/h4-5H,3,12H2,1-2H3. The van der Waals surface area contributed by atoms with Gasteiger partial charge in [0.1, 0.15) is 0 Å². The minimum atomic E-state index is 0.00560. The predicted molar refractivity (Wildman–Crippen MR) is 55.2 cm³/mol. The van der Waals surface area contributed by atoms with Crippen molar-refractivity contribution in [2.45, 2.75) is 20.3 Å². The van der Waals surface area contributed by atoms with E-state index in [2.05, 4.69) is 0 Å². The van der Waals surface area contributed by atoms with Crippen LogP contribution >= 0.6 is 11.6 Å². The minimum absolute atomic E-state index is 0.00560. The van der Waals surface area contributed by atoms with Crippen LogP contribution in [0.15, 0.2) is 12.1 Å². The molecule has 2 nitrogen and oxygen atoms in total. The highest BCUT2D eigenvalue weighted by Gasteiger charge is 2.09. The normalized spacial score (nSPS) is 10.1. The summed E-state index contributed by atoms with van der Waals surface area (Å²) in [6.45, 7) is 3.48. The lowest BCUT2D eigenvalue weighted by atomic mass is 10.0. The van der Waals surface area contributed by atoms with Crippen LogP contribution in [0.3, 0.4) is 0 Å². The Balaban J connectivity index is 3.38. The Morgan fingerprint density at radius 3 is 2.62 bits per heavy atom. The van der Waals surface area contributed by atoms with Crippen molar-refractivity contribution in [3.8, 4) is 0 Å². The molecule has 0 fully saturated rings. The molecule has 70 valence electrons. The van der Waals surface area contributed by atoms with Crippen molar-refractivity contribution < 1.29 is 4.79 Å². The first-order valence-corrected chi connectivity index (χ1v) is 4.53. The molecule has 0 saturated carbocycles. The number of nitrogens with two attached hydrogens (primary N) is 1. The lowest BCUT2D eigenvalue weighted by Crippen LogP contribution is -2.03. The molecule has 13 heavy (non-hydrogen) atoms. The molecule has 0 radical (unpaired) electrons. The van der Waals surface area contributed by atoms with Crippen LogP contribution in [0.5, 0.6) is 0 Å². The van der Waals surface area contributed by atoms with E-state index >= 15 is 0 Å². The van der Waals surface area contributed by atoms with E-state index in [0.717, 1.165) is 12.0 Å². The number of nitrogen functional groups attached to an aromatic ring is 1. The van der Waals surface area contributed by atoms with Gasteiger partial charge in [-0.25, -0.2) is 0 Å². The number of hydrogen-bond donors (Lipinski definition) is 1. The maximum atomic E-state index is 11.2. The van der Waals surface area contributed by atoms with Gasteiger partial charge in [0.2, 0.25) is 0 Å². The van der Waals surface area contributed by atoms with Gasteiger partial charge in [0.05, 0.1) is 0 Å². The van der Waals surface area contributed by atoms with Crippen molar-refractivity contribution in [3.63, 3.8) is 0 Å². The fourth-order valence-corrected chi connectivity index (χ4v) is 1.59. The number of ketones is 1. The highest BCUT2D eigenvalue weighted by Crippen LogP contribution is 2.23. The van der Waals surface area contributed by atoms with Gasteiger partial charge in [-0.1, -0.05) is 18.5 Å². The Bertz CT molecular complexity index is 347. The number of anilines is 1. The van der Waals surface area contributed by atoms with Crippen LogP contribution in [0.2, 0.25) is 5.02 Å². The molecular weight excluding hydrogens is 186 g/mol. The van der Waals surface area contributed by atoms with Crippen molar-refractivity contribution in [1.29, 1.82) is 0 Å². The van der Waals surface area contributed by atoms with Crippen LogP contribution in [0.4, 0.5) is 5.69 Å². The second kappa shape index (κ2) is 3.79. The largest absolute Gasteiger partial charge is 0.398 e. The second-order valence-electron chi connectivity index (χ2n) is 2.93. The molecule has 0 amide bonds. The molecule has 0 spiro atoms. The van der Waals surface area contributed by atoms with Gasteiger partial charge in [-0.3, -0.25) is 4.79 Å². The second-order valence-corrected chi connectivity index (χ2v) is 3.37. The molecule has 1 aromatic carbocycles. The number of halogens is 1. The lowest BCUT2D eigenvalue weighted by molar-refractivity contribution is 0.101. The molecule has 1 aromatic rings. The molecule has 3 heteroatoms. The zero-order valence-electron chi connectivity index (χ0n) is 7.73. The molecule has 0 saturated heterocycles. The van der Waals surface area contributed by atoms with Gasteiger partial charge in [0.15, 0.2) is 5.78 Å². The third-order valence-electron chi connectivity index (χ3n) is 1.98. The van der Waals surface area contributed by atoms with Crippen molar-refractivity contribution >= 4 is 23.1 Å². The Hall–Kier alpha value is -1.02. The van der Waals surface area contributed by atoms with Gasteiger partial charge in [-0.15, -0.1) is 0 Å². The van der Waals surface area contributed by atoms with E-state index in [1.54, 1.807) is 12.1 Å². The summed E-state index contributed by atoms with van der Waals surface area (Å²) in [5, 5.41) is 0.514. The highest BCUT2D eigenvalue weighted by molar-refractivity contribution is 6.31.